The second-order valence-corrected chi connectivity index (χ2v) is 7.44. The molecule has 0 spiro atoms. The molecule has 0 aliphatic carbocycles. The van der Waals surface area contributed by atoms with Crippen molar-refractivity contribution in [3.8, 4) is 0 Å². The second-order valence-electron chi connectivity index (χ2n) is 5.36. The van der Waals surface area contributed by atoms with Crippen LogP contribution in [0.1, 0.15) is 23.5 Å². The van der Waals surface area contributed by atoms with E-state index in [0.29, 0.717) is 50.5 Å². The van der Waals surface area contributed by atoms with Crippen molar-refractivity contribution in [2.24, 2.45) is 0 Å². The summed E-state index contributed by atoms with van der Waals surface area (Å²) in [5, 5.41) is 0. The maximum Gasteiger partial charge on any atom is 0.255 e. The van der Waals surface area contributed by atoms with Crippen molar-refractivity contribution >= 4 is 10.0 Å². The Morgan fingerprint density at radius 1 is 1.30 bits per heavy atom. The molecule has 1 aromatic rings. The van der Waals surface area contributed by atoms with E-state index in [1.54, 1.807) is 11.2 Å². The van der Waals surface area contributed by atoms with Crippen molar-refractivity contribution in [1.29, 1.82) is 0 Å². The molecule has 0 radical (unpaired) electrons. The van der Waals surface area contributed by atoms with Crippen molar-refractivity contribution in [3.63, 3.8) is 0 Å². The number of hydrogen-bond donors (Lipinski definition) is 1. The van der Waals surface area contributed by atoms with Crippen LogP contribution in [0, 0.1) is 6.92 Å². The van der Waals surface area contributed by atoms with Crippen molar-refractivity contribution < 1.29 is 8.42 Å². The lowest BCUT2D eigenvalue weighted by molar-refractivity contribution is 0.258. The molecule has 1 saturated heterocycles. The van der Waals surface area contributed by atoms with Crippen LogP contribution in [0.4, 0.5) is 0 Å². The van der Waals surface area contributed by atoms with Gasteiger partial charge in [0.15, 0.2) is 0 Å². The summed E-state index contributed by atoms with van der Waals surface area (Å²) in [6, 6.07) is 0. The molecule has 0 unspecified atom stereocenters. The topological polar surface area (TPSA) is 86.4 Å². The Kier molecular flexibility index (Phi) is 3.39. The molecule has 20 heavy (non-hydrogen) atoms. The lowest BCUT2D eigenvalue weighted by atomic mass is 10.3. The van der Waals surface area contributed by atoms with Crippen molar-refractivity contribution in [2.75, 3.05) is 25.4 Å². The van der Waals surface area contributed by atoms with E-state index in [2.05, 4.69) is 14.9 Å². The van der Waals surface area contributed by atoms with E-state index in [4.69, 9.17) is 0 Å². The van der Waals surface area contributed by atoms with Gasteiger partial charge in [-0.05, 0) is 13.3 Å². The standard InChI is InChI=1S/C12H18N4O3S/c1-9-13-11-8-15(7-10(11)12(17)14-9)4-5-16-3-2-6-20(16,18)19/h2-8H2,1H3,(H,13,14,17). The highest BCUT2D eigenvalue weighted by Gasteiger charge is 2.29. The third-order valence-electron chi connectivity index (χ3n) is 3.84. The predicted molar refractivity (Wildman–Crippen MR) is 73.7 cm³/mol. The molecule has 0 aromatic carbocycles. The highest BCUT2D eigenvalue weighted by atomic mass is 32.2. The van der Waals surface area contributed by atoms with E-state index in [0.717, 1.165) is 5.69 Å². The minimum absolute atomic E-state index is 0.0798. The number of sulfonamides is 1. The van der Waals surface area contributed by atoms with E-state index < -0.39 is 10.0 Å². The molecule has 3 rings (SSSR count). The van der Waals surface area contributed by atoms with E-state index in [1.807, 2.05) is 0 Å². The molecule has 2 aliphatic rings. The van der Waals surface area contributed by atoms with Crippen LogP contribution >= 0.6 is 0 Å². The fourth-order valence-electron chi connectivity index (χ4n) is 2.81. The van der Waals surface area contributed by atoms with Crippen LogP contribution in [-0.4, -0.2) is 53.0 Å². The monoisotopic (exact) mass is 298 g/mol. The predicted octanol–water partition coefficient (Wildman–Crippen LogP) is -0.571. The Bertz CT molecular complexity index is 682. The molecular weight excluding hydrogens is 280 g/mol. The Labute approximate surface area is 117 Å². The molecule has 0 atom stereocenters. The molecule has 110 valence electrons. The number of nitrogens with zero attached hydrogens (tertiary/aromatic N) is 3. The molecule has 2 aliphatic heterocycles. The van der Waals surface area contributed by atoms with Gasteiger partial charge in [-0.3, -0.25) is 9.69 Å². The van der Waals surface area contributed by atoms with Gasteiger partial charge < -0.3 is 4.98 Å². The Morgan fingerprint density at radius 3 is 2.80 bits per heavy atom. The van der Waals surface area contributed by atoms with Crippen molar-refractivity contribution in [1.82, 2.24) is 19.2 Å². The molecule has 7 nitrogen and oxygen atoms in total. The summed E-state index contributed by atoms with van der Waals surface area (Å²) in [6.45, 7) is 4.67. The summed E-state index contributed by atoms with van der Waals surface area (Å²) in [4.78, 5) is 20.9. The minimum Gasteiger partial charge on any atom is -0.310 e. The minimum atomic E-state index is -3.04. The largest absolute Gasteiger partial charge is 0.310 e. The van der Waals surface area contributed by atoms with Gasteiger partial charge >= 0.3 is 0 Å². The van der Waals surface area contributed by atoms with Gasteiger partial charge in [0, 0.05) is 32.7 Å². The number of aromatic nitrogens is 2. The summed E-state index contributed by atoms with van der Waals surface area (Å²) in [5.74, 6) is 0.880. The number of aromatic amines is 1. The van der Waals surface area contributed by atoms with Gasteiger partial charge in [0.1, 0.15) is 5.82 Å². The highest BCUT2D eigenvalue weighted by molar-refractivity contribution is 7.89. The number of rotatable bonds is 3. The van der Waals surface area contributed by atoms with Crippen LogP contribution in [-0.2, 0) is 23.1 Å². The van der Waals surface area contributed by atoms with Crippen LogP contribution in [0.15, 0.2) is 4.79 Å². The second kappa shape index (κ2) is 4.94. The number of fused-ring (bicyclic) bond motifs is 1. The quantitative estimate of drug-likeness (QED) is 0.807. The van der Waals surface area contributed by atoms with Gasteiger partial charge in [-0.1, -0.05) is 0 Å². The van der Waals surface area contributed by atoms with Crippen LogP contribution in [0.25, 0.3) is 0 Å². The average Bonchev–Trinajstić information content (AvgIpc) is 2.89. The SMILES string of the molecule is Cc1nc2c(c(=O)[nH]1)CN(CCN1CCCS1(=O)=O)C2. The zero-order valence-corrected chi connectivity index (χ0v) is 12.2. The number of aryl methyl sites for hydroxylation is 1. The van der Waals surface area contributed by atoms with Gasteiger partial charge in [0.05, 0.1) is 17.0 Å². The molecule has 8 heteroatoms. The first-order valence-corrected chi connectivity index (χ1v) is 8.35. The molecule has 1 N–H and O–H groups in total. The Hall–Kier alpha value is -1.25. The summed E-state index contributed by atoms with van der Waals surface area (Å²) in [7, 11) is -3.04. The smallest absolute Gasteiger partial charge is 0.255 e. The van der Waals surface area contributed by atoms with Crippen LogP contribution < -0.4 is 5.56 Å². The third-order valence-corrected chi connectivity index (χ3v) is 5.80. The molecular formula is C12H18N4O3S. The summed E-state index contributed by atoms with van der Waals surface area (Å²) in [6.07, 6.45) is 0.711. The van der Waals surface area contributed by atoms with E-state index in [9.17, 15) is 13.2 Å². The summed E-state index contributed by atoms with van der Waals surface area (Å²) >= 11 is 0. The fourth-order valence-corrected chi connectivity index (χ4v) is 4.33. The van der Waals surface area contributed by atoms with Gasteiger partial charge in [0.2, 0.25) is 10.0 Å². The number of hydrogen-bond acceptors (Lipinski definition) is 5. The normalized spacial score (nSPS) is 22.2. The van der Waals surface area contributed by atoms with Crippen LogP contribution in [0.5, 0.6) is 0 Å². The van der Waals surface area contributed by atoms with Gasteiger partial charge in [0.25, 0.3) is 5.56 Å². The zero-order chi connectivity index (χ0) is 14.3. The summed E-state index contributed by atoms with van der Waals surface area (Å²) in [5.41, 5.74) is 1.44. The zero-order valence-electron chi connectivity index (χ0n) is 11.4. The molecule has 1 aromatic heterocycles. The van der Waals surface area contributed by atoms with Crippen LogP contribution in [0.3, 0.4) is 0 Å². The van der Waals surface area contributed by atoms with Crippen LogP contribution in [0.2, 0.25) is 0 Å². The van der Waals surface area contributed by atoms with Crippen molar-refractivity contribution in [3.05, 3.63) is 27.4 Å². The summed E-state index contributed by atoms with van der Waals surface area (Å²) < 4.78 is 25.0. The molecule has 3 heterocycles. The number of nitrogens with one attached hydrogen (secondary N) is 1. The van der Waals surface area contributed by atoms with Gasteiger partial charge in [-0.2, -0.15) is 0 Å². The van der Waals surface area contributed by atoms with E-state index in [-0.39, 0.29) is 11.3 Å². The third kappa shape index (κ3) is 2.50. The number of H-pyrrole nitrogens is 1. The molecule has 1 fully saturated rings. The lowest BCUT2D eigenvalue weighted by Crippen LogP contribution is -2.34. The Balaban J connectivity index is 1.65. The first-order valence-electron chi connectivity index (χ1n) is 6.74. The Morgan fingerprint density at radius 2 is 2.10 bits per heavy atom. The van der Waals surface area contributed by atoms with Crippen molar-refractivity contribution in [2.45, 2.75) is 26.4 Å². The first kappa shape index (κ1) is 13.7. The molecule has 0 amide bonds. The van der Waals surface area contributed by atoms with Gasteiger partial charge in [-0.15, -0.1) is 0 Å². The molecule has 0 bridgehead atoms. The first-order chi connectivity index (χ1) is 9.45. The van der Waals surface area contributed by atoms with E-state index >= 15 is 0 Å². The maximum atomic E-state index is 11.8. The van der Waals surface area contributed by atoms with Gasteiger partial charge in [-0.25, -0.2) is 17.7 Å². The average molecular weight is 298 g/mol. The lowest BCUT2D eigenvalue weighted by Gasteiger charge is -2.19. The maximum absolute atomic E-state index is 11.8. The highest BCUT2D eigenvalue weighted by Crippen LogP contribution is 2.18. The molecule has 0 saturated carbocycles. The van der Waals surface area contributed by atoms with E-state index in [1.165, 1.54) is 0 Å². The fraction of sp³-hybridized carbons (Fsp3) is 0.667.